The normalized spacial score (nSPS) is 14.1. The van der Waals surface area contributed by atoms with Crippen LogP contribution in [-0.4, -0.2) is 35.2 Å². The Morgan fingerprint density at radius 3 is 2.33 bits per heavy atom. The maximum absolute atomic E-state index is 11.9. The summed E-state index contributed by atoms with van der Waals surface area (Å²) in [5.74, 6) is -1.11. The number of allylic oxidation sites excluding steroid dienone is 2. The summed E-state index contributed by atoms with van der Waals surface area (Å²) < 4.78 is 5.44. The molecule has 0 atom stereocenters. The molecule has 1 aromatic carbocycles. The van der Waals surface area contributed by atoms with Crippen molar-refractivity contribution >= 4 is 29.7 Å². The van der Waals surface area contributed by atoms with Crippen molar-refractivity contribution in [3.8, 4) is 5.75 Å². The molecule has 0 unspecified atom stereocenters. The van der Waals surface area contributed by atoms with E-state index in [-0.39, 0.29) is 18.0 Å². The van der Waals surface area contributed by atoms with Crippen molar-refractivity contribution < 1.29 is 23.9 Å². The molecule has 8 nitrogen and oxygen atoms in total. The number of imide groups is 2. The minimum atomic E-state index is -0.837. The van der Waals surface area contributed by atoms with Crippen LogP contribution in [-0.2, 0) is 9.59 Å². The molecule has 0 saturated carbocycles. The monoisotopic (exact) mass is 365 g/mol. The van der Waals surface area contributed by atoms with E-state index in [2.05, 4.69) is 4.98 Å². The number of rotatable bonds is 6. The molecule has 1 saturated heterocycles. The number of amides is 4. The summed E-state index contributed by atoms with van der Waals surface area (Å²) >= 11 is 0. The number of nitrogens with one attached hydrogen (secondary N) is 3. The molecule has 0 spiro atoms. The van der Waals surface area contributed by atoms with Crippen molar-refractivity contribution in [2.24, 2.45) is 0 Å². The molecule has 0 aliphatic carbocycles. The molecule has 1 aromatic heterocycles. The highest BCUT2D eigenvalue weighted by Crippen LogP contribution is 2.14. The van der Waals surface area contributed by atoms with E-state index in [9.17, 15) is 19.2 Å². The minimum absolute atomic E-state index is 0.0786. The Labute approximate surface area is 153 Å². The molecular formula is C19H15N3O5. The number of barbiturate groups is 1. The van der Waals surface area contributed by atoms with Gasteiger partial charge >= 0.3 is 6.03 Å². The molecule has 3 N–H and O–H groups in total. The van der Waals surface area contributed by atoms with Crippen LogP contribution in [0.5, 0.6) is 5.75 Å². The van der Waals surface area contributed by atoms with Crippen LogP contribution in [0.1, 0.15) is 16.1 Å². The number of hydrogen-bond acceptors (Lipinski definition) is 5. The van der Waals surface area contributed by atoms with Gasteiger partial charge in [-0.1, -0.05) is 24.3 Å². The lowest BCUT2D eigenvalue weighted by molar-refractivity contribution is -0.124. The van der Waals surface area contributed by atoms with Crippen LogP contribution >= 0.6 is 0 Å². The van der Waals surface area contributed by atoms with E-state index < -0.39 is 17.8 Å². The maximum Gasteiger partial charge on any atom is 0.328 e. The zero-order valence-electron chi connectivity index (χ0n) is 14.0. The summed E-state index contributed by atoms with van der Waals surface area (Å²) in [5, 5.41) is 3.98. The summed E-state index contributed by atoms with van der Waals surface area (Å²) in [5.41, 5.74) is 1.12. The number of ether oxygens (including phenoxy) is 1. The van der Waals surface area contributed by atoms with Gasteiger partial charge in [0.2, 0.25) is 5.78 Å². The van der Waals surface area contributed by atoms with Crippen LogP contribution < -0.4 is 15.4 Å². The van der Waals surface area contributed by atoms with E-state index in [1.165, 1.54) is 12.2 Å². The standard InChI is InChI=1S/C19H15N3O5/c23-16(15-5-2-10-20-15)11-27-13-8-6-12(7-9-13)3-1-4-14-17(24)21-19(26)22-18(14)25/h1-10,20H,11H2,(H2,21,22,24,25,26)/b3-1+. The highest BCUT2D eigenvalue weighted by molar-refractivity contribution is 6.29. The summed E-state index contributed by atoms with van der Waals surface area (Å²) in [6.07, 6.45) is 6.19. The van der Waals surface area contributed by atoms with Gasteiger partial charge in [-0.3, -0.25) is 25.0 Å². The lowest BCUT2D eigenvalue weighted by Gasteiger charge is -2.12. The summed E-state index contributed by atoms with van der Waals surface area (Å²) in [6.45, 7) is -0.0786. The van der Waals surface area contributed by atoms with Gasteiger partial charge in [-0.05, 0) is 35.9 Å². The second-order valence-electron chi connectivity index (χ2n) is 5.54. The number of benzene rings is 1. The predicted octanol–water partition coefficient (Wildman–Crippen LogP) is 1.58. The first-order valence-electron chi connectivity index (χ1n) is 7.97. The van der Waals surface area contributed by atoms with E-state index in [1.807, 2.05) is 10.6 Å². The first-order valence-corrected chi connectivity index (χ1v) is 7.97. The molecule has 1 fully saturated rings. The number of aromatic amines is 1. The Morgan fingerprint density at radius 1 is 1.00 bits per heavy atom. The Balaban J connectivity index is 1.57. The van der Waals surface area contributed by atoms with Crippen molar-refractivity contribution in [2.45, 2.75) is 0 Å². The first-order chi connectivity index (χ1) is 13.0. The summed E-state index contributed by atoms with van der Waals surface area (Å²) in [6, 6.07) is 9.50. The number of urea groups is 1. The Morgan fingerprint density at radius 2 is 1.70 bits per heavy atom. The van der Waals surface area contributed by atoms with Crippen molar-refractivity contribution in [1.82, 2.24) is 15.6 Å². The maximum atomic E-state index is 11.9. The molecular weight excluding hydrogens is 350 g/mol. The van der Waals surface area contributed by atoms with Crippen LogP contribution in [0.2, 0.25) is 0 Å². The smallest absolute Gasteiger partial charge is 0.328 e. The molecule has 0 radical (unpaired) electrons. The Bertz CT molecular complexity index is 918. The van der Waals surface area contributed by atoms with Gasteiger partial charge in [0.15, 0.2) is 6.61 Å². The average Bonchev–Trinajstić information content (AvgIpc) is 3.17. The van der Waals surface area contributed by atoms with Crippen molar-refractivity contribution in [3.05, 3.63) is 71.6 Å². The zero-order valence-corrected chi connectivity index (χ0v) is 14.0. The number of aromatic nitrogens is 1. The van der Waals surface area contributed by atoms with Gasteiger partial charge in [0, 0.05) is 6.20 Å². The summed E-state index contributed by atoms with van der Waals surface area (Å²) in [7, 11) is 0. The fourth-order valence-electron chi connectivity index (χ4n) is 2.29. The number of H-pyrrole nitrogens is 1. The Hall–Kier alpha value is -3.94. The molecule has 27 heavy (non-hydrogen) atoms. The zero-order chi connectivity index (χ0) is 19.2. The first kappa shape index (κ1) is 17.9. The molecule has 1 aliphatic rings. The number of carbonyl (C=O) groups excluding carboxylic acids is 4. The second-order valence-corrected chi connectivity index (χ2v) is 5.54. The molecule has 0 bridgehead atoms. The Kier molecular flexibility index (Phi) is 5.27. The highest BCUT2D eigenvalue weighted by Gasteiger charge is 2.26. The van der Waals surface area contributed by atoms with Gasteiger partial charge < -0.3 is 9.72 Å². The van der Waals surface area contributed by atoms with Crippen molar-refractivity contribution in [2.75, 3.05) is 6.61 Å². The highest BCUT2D eigenvalue weighted by atomic mass is 16.5. The van der Waals surface area contributed by atoms with Gasteiger partial charge in [0.1, 0.15) is 11.3 Å². The lowest BCUT2D eigenvalue weighted by atomic mass is 10.1. The molecule has 2 aromatic rings. The van der Waals surface area contributed by atoms with Crippen LogP contribution in [0.25, 0.3) is 6.08 Å². The summed E-state index contributed by atoms with van der Waals surface area (Å²) in [4.78, 5) is 48.8. The average molecular weight is 365 g/mol. The van der Waals surface area contributed by atoms with Gasteiger partial charge in [-0.25, -0.2) is 4.79 Å². The lowest BCUT2D eigenvalue weighted by Crippen LogP contribution is -2.51. The van der Waals surface area contributed by atoms with Crippen LogP contribution in [0, 0.1) is 0 Å². The van der Waals surface area contributed by atoms with Crippen LogP contribution in [0.3, 0.4) is 0 Å². The fourth-order valence-corrected chi connectivity index (χ4v) is 2.29. The largest absolute Gasteiger partial charge is 0.485 e. The quantitative estimate of drug-likeness (QED) is 0.408. The topological polar surface area (TPSA) is 117 Å². The van der Waals surface area contributed by atoms with Crippen molar-refractivity contribution in [3.63, 3.8) is 0 Å². The van der Waals surface area contributed by atoms with Crippen molar-refractivity contribution in [1.29, 1.82) is 0 Å². The van der Waals surface area contributed by atoms with Gasteiger partial charge in [0.05, 0.1) is 5.69 Å². The molecule has 3 rings (SSSR count). The number of hydrogen-bond donors (Lipinski definition) is 3. The number of ketones is 1. The van der Waals surface area contributed by atoms with E-state index in [0.717, 1.165) is 5.56 Å². The van der Waals surface area contributed by atoms with Crippen LogP contribution in [0.4, 0.5) is 4.79 Å². The molecule has 2 heterocycles. The number of carbonyl (C=O) groups is 4. The predicted molar refractivity (Wildman–Crippen MR) is 95.9 cm³/mol. The van der Waals surface area contributed by atoms with Gasteiger partial charge in [-0.15, -0.1) is 0 Å². The number of Topliss-reactive ketones (excluding diaryl/α,β-unsaturated/α-hetero) is 1. The molecule has 136 valence electrons. The van der Waals surface area contributed by atoms with Gasteiger partial charge in [0.25, 0.3) is 11.8 Å². The van der Waals surface area contributed by atoms with E-state index in [0.29, 0.717) is 11.4 Å². The molecule has 8 heteroatoms. The SMILES string of the molecule is O=C1NC(=O)C(=C/C=C/c2ccc(OCC(=O)c3ccc[nH]3)cc2)C(=O)N1. The van der Waals surface area contributed by atoms with E-state index in [1.54, 1.807) is 48.7 Å². The third-order valence-corrected chi connectivity index (χ3v) is 3.64. The third kappa shape index (κ3) is 4.57. The molecule has 1 aliphatic heterocycles. The molecule has 4 amide bonds. The van der Waals surface area contributed by atoms with Crippen LogP contribution in [0.15, 0.2) is 60.3 Å². The van der Waals surface area contributed by atoms with E-state index >= 15 is 0 Å². The second kappa shape index (κ2) is 7.96. The van der Waals surface area contributed by atoms with E-state index in [4.69, 9.17) is 4.74 Å². The van der Waals surface area contributed by atoms with Gasteiger partial charge in [-0.2, -0.15) is 0 Å². The minimum Gasteiger partial charge on any atom is -0.485 e. The fraction of sp³-hybridized carbons (Fsp3) is 0.0526. The third-order valence-electron chi connectivity index (χ3n) is 3.64.